The van der Waals surface area contributed by atoms with Crippen molar-refractivity contribution in [1.29, 1.82) is 0 Å². The van der Waals surface area contributed by atoms with Gasteiger partial charge in [0.05, 0.1) is 22.2 Å². The number of aliphatic carboxylic acids is 1. The highest BCUT2D eigenvalue weighted by atomic mass is 35.5. The minimum absolute atomic E-state index is 0.0339. The van der Waals surface area contributed by atoms with Crippen LogP contribution in [0.25, 0.3) is 21.3 Å². The molecule has 0 unspecified atom stereocenters. The van der Waals surface area contributed by atoms with Crippen molar-refractivity contribution in [2.45, 2.75) is 52.8 Å². The SMILES string of the molecule is CC(C)(C)O.Cc1cc2nc(N3Cc4ccncc4C3)sc2c(-c2ccc(Cl)cc2)c1CC(=O)O. The molecule has 1 aliphatic heterocycles. The van der Waals surface area contributed by atoms with Crippen LogP contribution in [-0.4, -0.2) is 31.8 Å². The summed E-state index contributed by atoms with van der Waals surface area (Å²) in [6.07, 6.45) is 3.70. The molecule has 0 amide bonds. The number of carboxylic acid groups (broad SMARTS) is 1. The number of nitrogens with zero attached hydrogens (tertiary/aromatic N) is 3. The fraction of sp³-hybridized carbons (Fsp3) is 0.296. The van der Waals surface area contributed by atoms with Crippen molar-refractivity contribution >= 4 is 44.3 Å². The monoisotopic (exact) mass is 509 g/mol. The van der Waals surface area contributed by atoms with E-state index in [2.05, 4.69) is 16.0 Å². The van der Waals surface area contributed by atoms with Crippen molar-refractivity contribution in [3.05, 3.63) is 76.1 Å². The Morgan fingerprint density at radius 2 is 1.80 bits per heavy atom. The number of carbonyl (C=O) groups is 1. The molecule has 0 spiro atoms. The molecule has 0 bridgehead atoms. The largest absolute Gasteiger partial charge is 0.481 e. The minimum Gasteiger partial charge on any atom is -0.481 e. The van der Waals surface area contributed by atoms with Gasteiger partial charge in [-0.2, -0.15) is 0 Å². The lowest BCUT2D eigenvalue weighted by atomic mass is 9.93. The van der Waals surface area contributed by atoms with Gasteiger partial charge in [0.25, 0.3) is 0 Å². The van der Waals surface area contributed by atoms with Crippen LogP contribution in [0.5, 0.6) is 0 Å². The van der Waals surface area contributed by atoms with Gasteiger partial charge in [0.1, 0.15) is 0 Å². The van der Waals surface area contributed by atoms with Crippen LogP contribution in [0.2, 0.25) is 5.02 Å². The van der Waals surface area contributed by atoms with Gasteiger partial charge in [-0.3, -0.25) is 9.78 Å². The Kier molecular flexibility index (Phi) is 7.12. The molecular weight excluding hydrogens is 482 g/mol. The Bertz CT molecular complexity index is 1350. The smallest absolute Gasteiger partial charge is 0.307 e. The molecule has 0 saturated heterocycles. The first-order chi connectivity index (χ1) is 16.5. The van der Waals surface area contributed by atoms with Crippen LogP contribution in [0.3, 0.4) is 0 Å². The maximum Gasteiger partial charge on any atom is 0.307 e. The molecule has 0 atom stereocenters. The molecule has 0 saturated carbocycles. The summed E-state index contributed by atoms with van der Waals surface area (Å²) < 4.78 is 1.00. The quantitative estimate of drug-likeness (QED) is 0.338. The Hall–Kier alpha value is -3.00. The van der Waals surface area contributed by atoms with Gasteiger partial charge in [-0.1, -0.05) is 35.1 Å². The van der Waals surface area contributed by atoms with E-state index < -0.39 is 11.6 Å². The molecule has 182 valence electrons. The second kappa shape index (κ2) is 9.93. The zero-order chi connectivity index (χ0) is 25.3. The highest BCUT2D eigenvalue weighted by molar-refractivity contribution is 7.22. The summed E-state index contributed by atoms with van der Waals surface area (Å²) in [5.74, 6) is -0.847. The predicted octanol–water partition coefficient (Wildman–Crippen LogP) is 6.24. The van der Waals surface area contributed by atoms with Crippen molar-refractivity contribution in [3.8, 4) is 11.1 Å². The van der Waals surface area contributed by atoms with Crippen molar-refractivity contribution in [2.24, 2.45) is 0 Å². The Morgan fingerprint density at radius 1 is 1.14 bits per heavy atom. The van der Waals surface area contributed by atoms with Gasteiger partial charge in [0, 0.05) is 36.1 Å². The molecule has 2 N–H and O–H groups in total. The molecular formula is C27H28ClN3O3S. The number of rotatable bonds is 4. The van der Waals surface area contributed by atoms with Crippen LogP contribution in [0.4, 0.5) is 5.13 Å². The molecule has 5 rings (SSSR count). The number of carboxylic acids is 1. The third kappa shape index (κ3) is 5.99. The van der Waals surface area contributed by atoms with Crippen LogP contribution in [0, 0.1) is 6.92 Å². The maximum absolute atomic E-state index is 11.6. The van der Waals surface area contributed by atoms with Crippen LogP contribution in [0.1, 0.15) is 43.0 Å². The Labute approximate surface area is 213 Å². The summed E-state index contributed by atoms with van der Waals surface area (Å²) in [4.78, 5) is 23.0. The third-order valence-corrected chi connectivity index (χ3v) is 6.86. The number of hydrogen-bond acceptors (Lipinski definition) is 6. The Morgan fingerprint density at radius 3 is 2.43 bits per heavy atom. The lowest BCUT2D eigenvalue weighted by molar-refractivity contribution is -0.136. The minimum atomic E-state index is -0.847. The number of pyridine rings is 1. The molecule has 6 nitrogen and oxygen atoms in total. The van der Waals surface area contributed by atoms with Gasteiger partial charge in [0.15, 0.2) is 5.13 Å². The molecule has 0 aliphatic carbocycles. The first kappa shape index (κ1) is 25.1. The Balaban J connectivity index is 0.000000527. The summed E-state index contributed by atoms with van der Waals surface area (Å²) in [6.45, 7) is 8.76. The number of halogens is 1. The highest BCUT2D eigenvalue weighted by Crippen LogP contribution is 2.42. The van der Waals surface area contributed by atoms with Gasteiger partial charge < -0.3 is 15.1 Å². The number of hydrogen-bond donors (Lipinski definition) is 2. The van der Waals surface area contributed by atoms with Crippen LogP contribution in [0.15, 0.2) is 48.8 Å². The van der Waals surface area contributed by atoms with Gasteiger partial charge in [0.2, 0.25) is 0 Å². The van der Waals surface area contributed by atoms with Crippen molar-refractivity contribution in [1.82, 2.24) is 9.97 Å². The fourth-order valence-electron chi connectivity index (χ4n) is 4.01. The molecule has 8 heteroatoms. The summed E-state index contributed by atoms with van der Waals surface area (Å²) in [5, 5.41) is 19.6. The van der Waals surface area contributed by atoms with Crippen LogP contribution in [-0.2, 0) is 24.3 Å². The standard InChI is InChI=1S/C23H18ClN3O2S.C4H10O/c1-13-8-19-22(21(18(13)9-20(28)29)14-2-4-17(24)5-3-14)30-23(26-19)27-11-15-6-7-25-10-16(15)12-27;1-4(2,3)5/h2-8,10H,9,11-12H2,1H3,(H,28,29);5H,1-3H3. The van der Waals surface area contributed by atoms with E-state index in [0.29, 0.717) is 5.02 Å². The van der Waals surface area contributed by atoms with E-state index in [4.69, 9.17) is 21.7 Å². The number of benzene rings is 2. The van der Waals surface area contributed by atoms with Crippen molar-refractivity contribution in [2.75, 3.05) is 4.90 Å². The third-order valence-electron chi connectivity index (χ3n) is 5.46. The lowest BCUT2D eigenvalue weighted by Gasteiger charge is -2.13. The van der Waals surface area contributed by atoms with E-state index in [-0.39, 0.29) is 6.42 Å². The number of anilines is 1. The molecule has 0 fully saturated rings. The van der Waals surface area contributed by atoms with Gasteiger partial charge in [-0.05, 0) is 79.8 Å². The van der Waals surface area contributed by atoms with Gasteiger partial charge >= 0.3 is 5.97 Å². The van der Waals surface area contributed by atoms with E-state index in [1.807, 2.05) is 49.6 Å². The molecule has 35 heavy (non-hydrogen) atoms. The number of fused-ring (bicyclic) bond motifs is 2. The van der Waals surface area contributed by atoms with E-state index in [9.17, 15) is 9.90 Å². The normalized spacial score (nSPS) is 12.9. The van der Waals surface area contributed by atoms with E-state index in [0.717, 1.165) is 50.7 Å². The topological polar surface area (TPSA) is 86.6 Å². The average molecular weight is 510 g/mol. The van der Waals surface area contributed by atoms with E-state index in [1.54, 1.807) is 32.1 Å². The number of aryl methyl sites for hydroxylation is 1. The lowest BCUT2D eigenvalue weighted by Crippen LogP contribution is -2.13. The first-order valence-electron chi connectivity index (χ1n) is 11.3. The second-order valence-corrected chi connectivity index (χ2v) is 11.1. The van der Waals surface area contributed by atoms with Gasteiger partial charge in [-0.15, -0.1) is 0 Å². The summed E-state index contributed by atoms with van der Waals surface area (Å²) in [5.41, 5.74) is 6.52. The molecule has 4 aromatic rings. The van der Waals surface area contributed by atoms with Crippen molar-refractivity contribution < 1.29 is 15.0 Å². The maximum atomic E-state index is 11.6. The average Bonchev–Trinajstić information content (AvgIpc) is 3.37. The molecule has 0 radical (unpaired) electrons. The molecule has 1 aliphatic rings. The molecule has 2 aromatic heterocycles. The summed E-state index contributed by atoms with van der Waals surface area (Å²) >= 11 is 7.70. The van der Waals surface area contributed by atoms with E-state index in [1.165, 1.54) is 11.1 Å². The first-order valence-corrected chi connectivity index (χ1v) is 12.5. The number of thiazole rings is 1. The summed E-state index contributed by atoms with van der Waals surface area (Å²) in [6, 6.07) is 11.6. The van der Waals surface area contributed by atoms with Crippen LogP contribution >= 0.6 is 22.9 Å². The number of aliphatic hydroxyl groups is 1. The highest BCUT2D eigenvalue weighted by Gasteiger charge is 2.24. The van der Waals surface area contributed by atoms with Gasteiger partial charge in [-0.25, -0.2) is 4.98 Å². The van der Waals surface area contributed by atoms with Crippen molar-refractivity contribution in [3.63, 3.8) is 0 Å². The van der Waals surface area contributed by atoms with E-state index >= 15 is 0 Å². The second-order valence-electron chi connectivity index (χ2n) is 9.64. The summed E-state index contributed by atoms with van der Waals surface area (Å²) in [7, 11) is 0. The van der Waals surface area contributed by atoms with Crippen LogP contribution < -0.4 is 4.90 Å². The predicted molar refractivity (Wildman–Crippen MR) is 142 cm³/mol. The zero-order valence-electron chi connectivity index (χ0n) is 20.2. The zero-order valence-corrected chi connectivity index (χ0v) is 21.7. The molecule has 2 aromatic carbocycles. The molecule has 3 heterocycles. The fourth-order valence-corrected chi connectivity index (χ4v) is 5.28. The number of aromatic nitrogens is 2.